The fourth-order valence-corrected chi connectivity index (χ4v) is 1.75. The van der Waals surface area contributed by atoms with Gasteiger partial charge in [-0.3, -0.25) is 9.78 Å². The van der Waals surface area contributed by atoms with E-state index in [0.29, 0.717) is 17.1 Å². The molecule has 90 valence electrons. The summed E-state index contributed by atoms with van der Waals surface area (Å²) in [5.74, 6) is -0.245. The van der Waals surface area contributed by atoms with Crippen molar-refractivity contribution in [1.82, 2.24) is 9.88 Å². The summed E-state index contributed by atoms with van der Waals surface area (Å²) in [6, 6.07) is 3.62. The predicted octanol–water partition coefficient (Wildman–Crippen LogP) is 2.42. The molecule has 0 aromatic carbocycles. The number of carbonyl (C=O) groups is 1. The SMILES string of the molecule is CCCN(CC#N)C(=O)c1cnc(C)cc1Cl. The van der Waals surface area contributed by atoms with Crippen molar-refractivity contribution < 1.29 is 4.79 Å². The summed E-state index contributed by atoms with van der Waals surface area (Å²) in [6.07, 6.45) is 2.25. The highest BCUT2D eigenvalue weighted by Crippen LogP contribution is 2.17. The van der Waals surface area contributed by atoms with Crippen molar-refractivity contribution in [2.75, 3.05) is 13.1 Å². The number of aryl methyl sites for hydroxylation is 1. The monoisotopic (exact) mass is 251 g/mol. The van der Waals surface area contributed by atoms with E-state index in [1.807, 2.05) is 13.0 Å². The normalized spacial score (nSPS) is 9.76. The molecule has 0 spiro atoms. The van der Waals surface area contributed by atoms with Crippen molar-refractivity contribution in [1.29, 1.82) is 5.26 Å². The molecular formula is C12H14ClN3O. The molecule has 4 nitrogen and oxygen atoms in total. The number of pyridine rings is 1. The number of aromatic nitrogens is 1. The number of hydrogen-bond acceptors (Lipinski definition) is 3. The number of halogens is 1. The van der Waals surface area contributed by atoms with Gasteiger partial charge in [0.25, 0.3) is 5.91 Å². The highest BCUT2D eigenvalue weighted by Gasteiger charge is 2.17. The van der Waals surface area contributed by atoms with Crippen molar-refractivity contribution in [2.24, 2.45) is 0 Å². The van der Waals surface area contributed by atoms with Crippen molar-refractivity contribution >= 4 is 17.5 Å². The lowest BCUT2D eigenvalue weighted by Crippen LogP contribution is -2.32. The van der Waals surface area contributed by atoms with Gasteiger partial charge in [-0.05, 0) is 19.4 Å². The predicted molar refractivity (Wildman–Crippen MR) is 65.8 cm³/mol. The third-order valence-electron chi connectivity index (χ3n) is 2.26. The molecule has 0 aliphatic carbocycles. The van der Waals surface area contributed by atoms with Crippen LogP contribution in [0.25, 0.3) is 0 Å². The number of amides is 1. The fourth-order valence-electron chi connectivity index (χ4n) is 1.46. The van der Waals surface area contributed by atoms with E-state index in [0.717, 1.165) is 12.1 Å². The van der Waals surface area contributed by atoms with E-state index in [1.54, 1.807) is 13.0 Å². The van der Waals surface area contributed by atoms with Crippen molar-refractivity contribution in [3.8, 4) is 6.07 Å². The van der Waals surface area contributed by atoms with Crippen LogP contribution in [0.15, 0.2) is 12.3 Å². The molecule has 0 aliphatic rings. The molecule has 0 saturated carbocycles. The Hall–Kier alpha value is -1.60. The molecule has 0 fully saturated rings. The summed E-state index contributed by atoms with van der Waals surface area (Å²) in [5, 5.41) is 9.06. The van der Waals surface area contributed by atoms with Crippen LogP contribution in [0.4, 0.5) is 0 Å². The van der Waals surface area contributed by atoms with Crippen LogP contribution in [0.3, 0.4) is 0 Å². The summed E-state index contributed by atoms with van der Waals surface area (Å²) < 4.78 is 0. The van der Waals surface area contributed by atoms with Crippen LogP contribution >= 0.6 is 11.6 Å². The van der Waals surface area contributed by atoms with Gasteiger partial charge >= 0.3 is 0 Å². The molecule has 0 aliphatic heterocycles. The summed E-state index contributed by atoms with van der Waals surface area (Å²) >= 11 is 6.00. The van der Waals surface area contributed by atoms with E-state index < -0.39 is 0 Å². The van der Waals surface area contributed by atoms with E-state index in [4.69, 9.17) is 16.9 Å². The van der Waals surface area contributed by atoms with Crippen molar-refractivity contribution in [3.63, 3.8) is 0 Å². The second kappa shape index (κ2) is 6.21. The average molecular weight is 252 g/mol. The van der Waals surface area contributed by atoms with Crippen LogP contribution in [-0.4, -0.2) is 28.9 Å². The average Bonchev–Trinajstić information content (AvgIpc) is 2.28. The molecule has 0 bridgehead atoms. The molecule has 1 aromatic heterocycles. The molecule has 1 amide bonds. The van der Waals surface area contributed by atoms with Gasteiger partial charge in [0.15, 0.2) is 0 Å². The molecule has 1 rings (SSSR count). The third-order valence-corrected chi connectivity index (χ3v) is 2.58. The highest BCUT2D eigenvalue weighted by atomic mass is 35.5. The Kier molecular flexibility index (Phi) is 4.92. The van der Waals surface area contributed by atoms with Gasteiger partial charge in [0.2, 0.25) is 0 Å². The smallest absolute Gasteiger partial charge is 0.257 e. The molecular weight excluding hydrogens is 238 g/mol. The van der Waals surface area contributed by atoms with Crippen LogP contribution < -0.4 is 0 Å². The Bertz CT molecular complexity index is 454. The van der Waals surface area contributed by atoms with Gasteiger partial charge in [0.05, 0.1) is 16.7 Å². The standard InChI is InChI=1S/C12H14ClN3O/c1-3-5-16(6-4-14)12(17)10-8-15-9(2)7-11(10)13/h7-8H,3,5-6H2,1-2H3. The molecule has 0 saturated heterocycles. The number of nitrogens with zero attached hydrogens (tertiary/aromatic N) is 3. The minimum Gasteiger partial charge on any atom is -0.325 e. The van der Waals surface area contributed by atoms with Crippen LogP contribution in [0, 0.1) is 18.3 Å². The Morgan fingerprint density at radius 1 is 1.65 bits per heavy atom. The number of carbonyl (C=O) groups excluding carboxylic acids is 1. The van der Waals surface area contributed by atoms with Crippen LogP contribution in [0.2, 0.25) is 5.02 Å². The van der Waals surface area contributed by atoms with Crippen molar-refractivity contribution in [3.05, 3.63) is 28.5 Å². The van der Waals surface area contributed by atoms with Gasteiger partial charge in [-0.1, -0.05) is 18.5 Å². The van der Waals surface area contributed by atoms with Gasteiger partial charge < -0.3 is 4.90 Å². The minimum absolute atomic E-state index is 0.0663. The molecule has 17 heavy (non-hydrogen) atoms. The van der Waals surface area contributed by atoms with E-state index in [1.165, 1.54) is 11.1 Å². The van der Waals surface area contributed by atoms with E-state index in [-0.39, 0.29) is 12.5 Å². The Balaban J connectivity index is 2.97. The van der Waals surface area contributed by atoms with E-state index in [2.05, 4.69) is 4.98 Å². The molecule has 0 radical (unpaired) electrons. The fraction of sp³-hybridized carbons (Fsp3) is 0.417. The maximum Gasteiger partial charge on any atom is 0.257 e. The first-order chi connectivity index (χ1) is 8.10. The van der Waals surface area contributed by atoms with Gasteiger partial charge in [-0.25, -0.2) is 0 Å². The maximum absolute atomic E-state index is 12.1. The zero-order valence-electron chi connectivity index (χ0n) is 9.90. The first-order valence-electron chi connectivity index (χ1n) is 5.38. The second-order valence-electron chi connectivity index (χ2n) is 3.69. The zero-order chi connectivity index (χ0) is 12.8. The molecule has 1 aromatic rings. The number of hydrogen-bond donors (Lipinski definition) is 0. The largest absolute Gasteiger partial charge is 0.325 e. The third kappa shape index (κ3) is 3.43. The van der Waals surface area contributed by atoms with Gasteiger partial charge in [0.1, 0.15) is 6.54 Å². The number of rotatable bonds is 4. The van der Waals surface area contributed by atoms with E-state index in [9.17, 15) is 4.79 Å². The molecule has 0 unspecified atom stereocenters. The highest BCUT2D eigenvalue weighted by molar-refractivity contribution is 6.33. The first kappa shape index (κ1) is 13.5. The van der Waals surface area contributed by atoms with Crippen LogP contribution in [-0.2, 0) is 0 Å². The van der Waals surface area contributed by atoms with Gasteiger partial charge in [0, 0.05) is 18.4 Å². The summed E-state index contributed by atoms with van der Waals surface area (Å²) in [5.41, 5.74) is 1.11. The summed E-state index contributed by atoms with van der Waals surface area (Å²) in [7, 11) is 0. The van der Waals surface area contributed by atoms with Gasteiger partial charge in [-0.2, -0.15) is 5.26 Å². The lowest BCUT2D eigenvalue weighted by atomic mass is 10.2. The quantitative estimate of drug-likeness (QED) is 0.773. The Morgan fingerprint density at radius 3 is 2.88 bits per heavy atom. The Morgan fingerprint density at radius 2 is 2.35 bits per heavy atom. The summed E-state index contributed by atoms with van der Waals surface area (Å²) in [4.78, 5) is 17.6. The molecule has 0 atom stereocenters. The van der Waals surface area contributed by atoms with Crippen LogP contribution in [0.1, 0.15) is 29.4 Å². The second-order valence-corrected chi connectivity index (χ2v) is 4.10. The number of nitriles is 1. The minimum atomic E-state index is -0.245. The van der Waals surface area contributed by atoms with E-state index >= 15 is 0 Å². The van der Waals surface area contributed by atoms with Gasteiger partial charge in [-0.15, -0.1) is 0 Å². The first-order valence-corrected chi connectivity index (χ1v) is 5.76. The zero-order valence-corrected chi connectivity index (χ0v) is 10.7. The summed E-state index contributed by atoms with van der Waals surface area (Å²) in [6.45, 7) is 4.36. The lowest BCUT2D eigenvalue weighted by molar-refractivity contribution is 0.0776. The topological polar surface area (TPSA) is 57.0 Å². The van der Waals surface area contributed by atoms with Crippen LogP contribution in [0.5, 0.6) is 0 Å². The Labute approximate surface area is 106 Å². The van der Waals surface area contributed by atoms with Crippen molar-refractivity contribution in [2.45, 2.75) is 20.3 Å². The lowest BCUT2D eigenvalue weighted by Gasteiger charge is -2.19. The molecule has 1 heterocycles. The maximum atomic E-state index is 12.1. The molecule has 5 heteroatoms. The molecule has 0 N–H and O–H groups in total.